The number of halogens is 1. The third kappa shape index (κ3) is 3.46. The number of fused-ring (bicyclic) bond motifs is 1. The molecule has 5 rings (SSSR count). The Morgan fingerprint density at radius 2 is 1.68 bits per heavy atom. The van der Waals surface area contributed by atoms with Crippen LogP contribution in [0.5, 0.6) is 0 Å². The summed E-state index contributed by atoms with van der Waals surface area (Å²) in [5.41, 5.74) is 4.05. The van der Waals surface area contributed by atoms with Gasteiger partial charge < -0.3 is 9.88 Å². The standard InChI is InChI=1S/C24H18FN5O/c1-29-22-9-5-3-7-19(22)27-23(29)16-10-12-17(13-11-16)26-24(31)20-14-15-30(28-20)21-8-4-2-6-18(21)25/h2-15H,1H3,(H,26,31). The summed E-state index contributed by atoms with van der Waals surface area (Å²) in [6, 6.07) is 23.2. The van der Waals surface area contributed by atoms with Crippen LogP contribution in [-0.2, 0) is 7.05 Å². The van der Waals surface area contributed by atoms with Crippen LogP contribution in [0, 0.1) is 5.82 Å². The van der Waals surface area contributed by atoms with E-state index in [1.54, 1.807) is 30.5 Å². The van der Waals surface area contributed by atoms with Crippen LogP contribution in [0.4, 0.5) is 10.1 Å². The summed E-state index contributed by atoms with van der Waals surface area (Å²) < 4.78 is 17.3. The zero-order valence-electron chi connectivity index (χ0n) is 16.7. The highest BCUT2D eigenvalue weighted by Crippen LogP contribution is 2.25. The number of aromatic nitrogens is 4. The highest BCUT2D eigenvalue weighted by molar-refractivity contribution is 6.02. The number of carbonyl (C=O) groups excluding carboxylic acids is 1. The number of benzene rings is 3. The molecule has 3 aromatic carbocycles. The van der Waals surface area contributed by atoms with Gasteiger partial charge in [0.2, 0.25) is 0 Å². The van der Waals surface area contributed by atoms with E-state index < -0.39 is 5.82 Å². The first-order valence-electron chi connectivity index (χ1n) is 9.74. The minimum Gasteiger partial charge on any atom is -0.327 e. The van der Waals surface area contributed by atoms with E-state index in [4.69, 9.17) is 4.98 Å². The summed E-state index contributed by atoms with van der Waals surface area (Å²) >= 11 is 0. The number of rotatable bonds is 4. The molecular weight excluding hydrogens is 393 g/mol. The van der Waals surface area contributed by atoms with Gasteiger partial charge in [0, 0.05) is 24.5 Å². The van der Waals surface area contributed by atoms with Gasteiger partial charge in [-0.1, -0.05) is 24.3 Å². The summed E-state index contributed by atoms with van der Waals surface area (Å²) in [6.07, 6.45) is 1.56. The molecule has 0 saturated carbocycles. The van der Waals surface area contributed by atoms with Crippen LogP contribution in [0.3, 0.4) is 0 Å². The number of aryl methyl sites for hydroxylation is 1. The SMILES string of the molecule is Cn1c(-c2ccc(NC(=O)c3ccn(-c4ccccc4F)n3)cc2)nc2ccccc21. The predicted molar refractivity (Wildman–Crippen MR) is 118 cm³/mol. The third-order valence-electron chi connectivity index (χ3n) is 5.11. The second kappa shape index (κ2) is 7.53. The molecule has 0 spiro atoms. The first-order chi connectivity index (χ1) is 15.1. The van der Waals surface area contributed by atoms with Crippen LogP contribution < -0.4 is 5.32 Å². The zero-order chi connectivity index (χ0) is 21.4. The molecule has 0 fully saturated rings. The lowest BCUT2D eigenvalue weighted by Gasteiger charge is -2.06. The lowest BCUT2D eigenvalue weighted by Crippen LogP contribution is -2.13. The third-order valence-corrected chi connectivity index (χ3v) is 5.11. The molecule has 0 atom stereocenters. The number of anilines is 1. The summed E-state index contributed by atoms with van der Waals surface area (Å²) in [6.45, 7) is 0. The number of hydrogen-bond acceptors (Lipinski definition) is 3. The molecule has 152 valence electrons. The van der Waals surface area contributed by atoms with Crippen LogP contribution in [0.25, 0.3) is 28.1 Å². The van der Waals surface area contributed by atoms with Gasteiger partial charge >= 0.3 is 0 Å². The topological polar surface area (TPSA) is 64.7 Å². The number of nitrogens with zero attached hydrogens (tertiary/aromatic N) is 4. The summed E-state index contributed by atoms with van der Waals surface area (Å²) in [7, 11) is 1.98. The van der Waals surface area contributed by atoms with E-state index in [9.17, 15) is 9.18 Å². The van der Waals surface area contributed by atoms with Gasteiger partial charge in [-0.3, -0.25) is 4.79 Å². The van der Waals surface area contributed by atoms with Crippen molar-refractivity contribution in [2.75, 3.05) is 5.32 Å². The molecule has 0 bridgehead atoms. The summed E-state index contributed by atoms with van der Waals surface area (Å²) in [5, 5.41) is 7.01. The van der Waals surface area contributed by atoms with E-state index in [0.29, 0.717) is 5.69 Å². The van der Waals surface area contributed by atoms with Gasteiger partial charge in [-0.25, -0.2) is 14.1 Å². The van der Waals surface area contributed by atoms with Crippen molar-refractivity contribution < 1.29 is 9.18 Å². The molecule has 0 saturated heterocycles. The number of amides is 1. The number of carbonyl (C=O) groups is 1. The van der Waals surface area contributed by atoms with Crippen molar-refractivity contribution in [3.05, 3.63) is 96.6 Å². The van der Waals surface area contributed by atoms with Crippen molar-refractivity contribution in [3.63, 3.8) is 0 Å². The molecule has 0 aliphatic heterocycles. The first kappa shape index (κ1) is 18.7. The molecule has 31 heavy (non-hydrogen) atoms. The minimum atomic E-state index is -0.407. The number of nitrogens with one attached hydrogen (secondary N) is 1. The Morgan fingerprint density at radius 3 is 2.45 bits per heavy atom. The minimum absolute atomic E-state index is 0.197. The van der Waals surface area contributed by atoms with Gasteiger partial charge in [-0.05, 0) is 54.6 Å². The van der Waals surface area contributed by atoms with Gasteiger partial charge in [0.1, 0.15) is 17.3 Å². The maximum absolute atomic E-state index is 13.9. The Balaban J connectivity index is 1.35. The van der Waals surface area contributed by atoms with Crippen molar-refractivity contribution in [3.8, 4) is 17.1 Å². The van der Waals surface area contributed by atoms with E-state index in [0.717, 1.165) is 22.4 Å². The quantitative estimate of drug-likeness (QED) is 0.461. The summed E-state index contributed by atoms with van der Waals surface area (Å²) in [5.74, 6) is 0.0726. The van der Waals surface area contributed by atoms with Crippen LogP contribution in [-0.4, -0.2) is 25.2 Å². The largest absolute Gasteiger partial charge is 0.327 e. The Morgan fingerprint density at radius 1 is 0.935 bits per heavy atom. The lowest BCUT2D eigenvalue weighted by molar-refractivity contribution is 0.102. The predicted octanol–water partition coefficient (Wildman–Crippen LogP) is 4.82. The Kier molecular flexibility index (Phi) is 4.55. The van der Waals surface area contributed by atoms with Crippen molar-refractivity contribution in [1.29, 1.82) is 0 Å². The van der Waals surface area contributed by atoms with Gasteiger partial charge in [0.05, 0.1) is 11.0 Å². The molecule has 0 radical (unpaired) electrons. The second-order valence-corrected chi connectivity index (χ2v) is 7.11. The van der Waals surface area contributed by atoms with Crippen molar-refractivity contribution in [1.82, 2.24) is 19.3 Å². The highest BCUT2D eigenvalue weighted by atomic mass is 19.1. The Labute approximate surface area is 177 Å². The average molecular weight is 411 g/mol. The molecule has 6 nitrogen and oxygen atoms in total. The fourth-order valence-corrected chi connectivity index (χ4v) is 3.52. The Bertz CT molecular complexity index is 1400. The van der Waals surface area contributed by atoms with Crippen LogP contribution in [0.1, 0.15) is 10.5 Å². The maximum Gasteiger partial charge on any atom is 0.276 e. The molecule has 5 aromatic rings. The fraction of sp³-hybridized carbons (Fsp3) is 0.0417. The fourth-order valence-electron chi connectivity index (χ4n) is 3.52. The van der Waals surface area contributed by atoms with E-state index in [2.05, 4.69) is 10.4 Å². The van der Waals surface area contributed by atoms with Crippen LogP contribution in [0.15, 0.2) is 85.1 Å². The van der Waals surface area contributed by atoms with Gasteiger partial charge in [0.15, 0.2) is 5.69 Å². The van der Waals surface area contributed by atoms with Gasteiger partial charge in [0.25, 0.3) is 5.91 Å². The van der Waals surface area contributed by atoms with E-state index in [1.807, 2.05) is 60.1 Å². The van der Waals surface area contributed by atoms with Crippen molar-refractivity contribution in [2.24, 2.45) is 7.05 Å². The van der Waals surface area contributed by atoms with E-state index in [-0.39, 0.29) is 17.3 Å². The molecule has 0 aliphatic rings. The zero-order valence-corrected chi connectivity index (χ0v) is 16.7. The highest BCUT2D eigenvalue weighted by Gasteiger charge is 2.13. The normalized spacial score (nSPS) is 11.0. The molecule has 0 unspecified atom stereocenters. The van der Waals surface area contributed by atoms with Crippen molar-refractivity contribution in [2.45, 2.75) is 0 Å². The number of imidazole rings is 1. The molecule has 1 amide bonds. The maximum atomic E-state index is 13.9. The summed E-state index contributed by atoms with van der Waals surface area (Å²) in [4.78, 5) is 17.3. The second-order valence-electron chi connectivity index (χ2n) is 7.11. The monoisotopic (exact) mass is 411 g/mol. The van der Waals surface area contributed by atoms with E-state index >= 15 is 0 Å². The van der Waals surface area contributed by atoms with E-state index in [1.165, 1.54) is 10.7 Å². The smallest absolute Gasteiger partial charge is 0.276 e. The lowest BCUT2D eigenvalue weighted by atomic mass is 10.2. The van der Waals surface area contributed by atoms with Gasteiger partial charge in [-0.15, -0.1) is 0 Å². The first-order valence-corrected chi connectivity index (χ1v) is 9.74. The van der Waals surface area contributed by atoms with Gasteiger partial charge in [-0.2, -0.15) is 5.10 Å². The average Bonchev–Trinajstić information content (AvgIpc) is 3.40. The van der Waals surface area contributed by atoms with Crippen molar-refractivity contribution >= 4 is 22.6 Å². The van der Waals surface area contributed by atoms with Crippen LogP contribution in [0.2, 0.25) is 0 Å². The number of hydrogen-bond donors (Lipinski definition) is 1. The molecule has 2 aromatic heterocycles. The molecule has 7 heteroatoms. The molecule has 1 N–H and O–H groups in total. The molecule has 2 heterocycles. The number of para-hydroxylation sites is 3. The molecular formula is C24H18FN5O. The molecule has 0 aliphatic carbocycles. The van der Waals surface area contributed by atoms with Crippen LogP contribution >= 0.6 is 0 Å². The Hall–Kier alpha value is -4.26.